The van der Waals surface area contributed by atoms with Crippen molar-refractivity contribution >= 4 is 5.97 Å². The van der Waals surface area contributed by atoms with E-state index in [-0.39, 0.29) is 11.5 Å². The number of aromatic carboxylic acids is 1. The number of benzene rings is 1. The van der Waals surface area contributed by atoms with Crippen molar-refractivity contribution in [1.82, 2.24) is 0 Å². The second-order valence-corrected chi connectivity index (χ2v) is 8.19. The van der Waals surface area contributed by atoms with E-state index in [1.165, 1.54) is 57.4 Å². The molecule has 0 aliphatic carbocycles. The lowest BCUT2D eigenvalue weighted by Crippen LogP contribution is -2.08. The van der Waals surface area contributed by atoms with Crippen molar-refractivity contribution in [2.75, 3.05) is 13.2 Å². The van der Waals surface area contributed by atoms with Crippen LogP contribution in [-0.4, -0.2) is 34.5 Å². The molecule has 0 spiro atoms. The van der Waals surface area contributed by atoms with Crippen LogP contribution in [0.2, 0.25) is 0 Å². The molecule has 0 saturated heterocycles. The Labute approximate surface area is 187 Å². The molecule has 0 amide bonds. The number of phenolic OH excluding ortho intramolecular Hbond substituents is 1. The molecule has 178 valence electrons. The predicted molar refractivity (Wildman–Crippen MR) is 124 cm³/mol. The summed E-state index contributed by atoms with van der Waals surface area (Å²) < 4.78 is 11.5. The van der Waals surface area contributed by atoms with E-state index in [1.807, 2.05) is 0 Å². The number of carboxylic acids is 1. The van der Waals surface area contributed by atoms with Gasteiger partial charge in [-0.3, -0.25) is 0 Å². The number of rotatable bonds is 19. The van der Waals surface area contributed by atoms with Gasteiger partial charge in [0.1, 0.15) is 0 Å². The summed E-state index contributed by atoms with van der Waals surface area (Å²) in [4.78, 5) is 11.7. The Bertz CT molecular complexity index is 629. The highest BCUT2D eigenvalue weighted by atomic mass is 16.5. The van der Waals surface area contributed by atoms with Gasteiger partial charge in [-0.15, -0.1) is 0 Å². The third-order valence-corrected chi connectivity index (χ3v) is 5.41. The molecule has 0 bridgehead atoms. The molecule has 6 heteroatoms. The maximum atomic E-state index is 11.7. The van der Waals surface area contributed by atoms with Gasteiger partial charge in [-0.1, -0.05) is 90.9 Å². The number of carboxylic acid groups (broad SMARTS) is 1. The van der Waals surface area contributed by atoms with E-state index in [9.17, 15) is 20.1 Å². The van der Waals surface area contributed by atoms with E-state index in [4.69, 9.17) is 9.47 Å². The zero-order valence-electron chi connectivity index (χ0n) is 19.5. The van der Waals surface area contributed by atoms with Crippen molar-refractivity contribution in [2.45, 2.75) is 104 Å². The number of carbonyl (C=O) groups is 1. The minimum atomic E-state index is -1.36. The van der Waals surface area contributed by atoms with Gasteiger partial charge in [-0.25, -0.2) is 4.79 Å². The molecule has 0 aromatic heterocycles. The number of ether oxygens (including phenoxy) is 2. The molecule has 1 rings (SSSR count). The monoisotopic (exact) mass is 438 g/mol. The van der Waals surface area contributed by atoms with Gasteiger partial charge in [0.2, 0.25) is 0 Å². The standard InChI is InChI=1S/C25H42O6/c1-3-5-7-9-11-13-15-17-30-21-19-20(26)23(27)22(25(28)29)24(21)31-18-16-14-12-10-8-6-4-2/h19,26-27H,3-18H2,1-2H3,(H,28,29). The average molecular weight is 439 g/mol. The van der Waals surface area contributed by atoms with Crippen LogP contribution in [0.15, 0.2) is 6.07 Å². The van der Waals surface area contributed by atoms with Crippen molar-refractivity contribution in [3.8, 4) is 23.0 Å². The van der Waals surface area contributed by atoms with E-state index in [0.29, 0.717) is 13.2 Å². The quantitative estimate of drug-likeness (QED) is 0.158. The highest BCUT2D eigenvalue weighted by Gasteiger charge is 2.25. The third-order valence-electron chi connectivity index (χ3n) is 5.41. The fourth-order valence-corrected chi connectivity index (χ4v) is 3.54. The zero-order valence-corrected chi connectivity index (χ0v) is 19.5. The minimum absolute atomic E-state index is 0.00303. The van der Waals surface area contributed by atoms with Crippen LogP contribution < -0.4 is 9.47 Å². The van der Waals surface area contributed by atoms with Crippen LogP contribution in [0.25, 0.3) is 0 Å². The molecule has 0 radical (unpaired) electrons. The minimum Gasteiger partial charge on any atom is -0.504 e. The second kappa shape index (κ2) is 16.6. The number of unbranched alkanes of at least 4 members (excludes halogenated alkanes) is 12. The Kier molecular flexibility index (Phi) is 14.4. The number of aromatic hydroxyl groups is 2. The largest absolute Gasteiger partial charge is 0.504 e. The smallest absolute Gasteiger partial charge is 0.343 e. The van der Waals surface area contributed by atoms with Gasteiger partial charge in [0.25, 0.3) is 0 Å². The summed E-state index contributed by atoms with van der Waals surface area (Å²) in [6, 6.07) is 1.24. The number of hydrogen-bond donors (Lipinski definition) is 3. The lowest BCUT2D eigenvalue weighted by molar-refractivity contribution is 0.0686. The van der Waals surface area contributed by atoms with Crippen LogP contribution in [0.3, 0.4) is 0 Å². The molecule has 0 heterocycles. The van der Waals surface area contributed by atoms with Crippen molar-refractivity contribution in [3.05, 3.63) is 11.6 Å². The first-order chi connectivity index (χ1) is 15.0. The molecule has 0 fully saturated rings. The second-order valence-electron chi connectivity index (χ2n) is 8.19. The molecule has 1 aromatic rings. The topological polar surface area (TPSA) is 96.2 Å². The molecule has 0 aliphatic rings. The summed E-state index contributed by atoms with van der Waals surface area (Å²) in [5.74, 6) is -2.40. The van der Waals surface area contributed by atoms with Crippen molar-refractivity contribution in [3.63, 3.8) is 0 Å². The summed E-state index contributed by atoms with van der Waals surface area (Å²) >= 11 is 0. The maximum Gasteiger partial charge on any atom is 0.343 e. The highest BCUT2D eigenvalue weighted by molar-refractivity contribution is 5.96. The maximum absolute atomic E-state index is 11.7. The Morgan fingerprint density at radius 2 is 1.19 bits per heavy atom. The molecular formula is C25H42O6. The molecule has 3 N–H and O–H groups in total. The van der Waals surface area contributed by atoms with Crippen LogP contribution in [0.4, 0.5) is 0 Å². The van der Waals surface area contributed by atoms with Crippen LogP contribution >= 0.6 is 0 Å². The van der Waals surface area contributed by atoms with Gasteiger partial charge in [0.05, 0.1) is 13.2 Å². The first-order valence-corrected chi connectivity index (χ1v) is 12.1. The van der Waals surface area contributed by atoms with Gasteiger partial charge in [0, 0.05) is 6.07 Å². The first kappa shape index (κ1) is 26.9. The fraction of sp³-hybridized carbons (Fsp3) is 0.720. The fourth-order valence-electron chi connectivity index (χ4n) is 3.54. The summed E-state index contributed by atoms with van der Waals surface area (Å²) in [6.45, 7) is 5.13. The Balaban J connectivity index is 2.60. The zero-order chi connectivity index (χ0) is 22.9. The van der Waals surface area contributed by atoms with Gasteiger partial charge in [0.15, 0.2) is 28.6 Å². The van der Waals surface area contributed by atoms with E-state index < -0.39 is 23.0 Å². The van der Waals surface area contributed by atoms with E-state index in [0.717, 1.165) is 38.5 Å². The molecule has 0 saturated carbocycles. The van der Waals surface area contributed by atoms with Gasteiger partial charge in [-0.2, -0.15) is 0 Å². The molecule has 6 nitrogen and oxygen atoms in total. The third kappa shape index (κ3) is 10.7. The van der Waals surface area contributed by atoms with Gasteiger partial charge >= 0.3 is 5.97 Å². The molecular weight excluding hydrogens is 396 g/mol. The molecule has 0 aliphatic heterocycles. The average Bonchev–Trinajstić information content (AvgIpc) is 2.74. The number of hydrogen-bond acceptors (Lipinski definition) is 5. The van der Waals surface area contributed by atoms with Gasteiger partial charge in [-0.05, 0) is 12.8 Å². The molecule has 0 atom stereocenters. The van der Waals surface area contributed by atoms with Crippen molar-refractivity contribution in [1.29, 1.82) is 0 Å². The summed E-state index contributed by atoms with van der Waals surface area (Å²) in [7, 11) is 0. The van der Waals surface area contributed by atoms with Crippen molar-refractivity contribution < 1.29 is 29.6 Å². The van der Waals surface area contributed by atoms with Crippen LogP contribution in [0, 0.1) is 0 Å². The predicted octanol–water partition coefficient (Wildman–Crippen LogP) is 7.05. The van der Waals surface area contributed by atoms with Crippen LogP contribution in [0.5, 0.6) is 23.0 Å². The van der Waals surface area contributed by atoms with E-state index in [2.05, 4.69) is 13.8 Å². The highest BCUT2D eigenvalue weighted by Crippen LogP contribution is 2.43. The van der Waals surface area contributed by atoms with Crippen LogP contribution in [-0.2, 0) is 0 Å². The van der Waals surface area contributed by atoms with Gasteiger partial charge < -0.3 is 24.8 Å². The SMILES string of the molecule is CCCCCCCCCOc1cc(O)c(O)c(C(=O)O)c1OCCCCCCCCC. The normalized spacial score (nSPS) is 10.9. The van der Waals surface area contributed by atoms with Crippen molar-refractivity contribution in [2.24, 2.45) is 0 Å². The molecule has 0 unspecified atom stereocenters. The molecule has 31 heavy (non-hydrogen) atoms. The summed E-state index contributed by atoms with van der Waals surface area (Å²) in [6.07, 6.45) is 15.8. The molecule has 1 aromatic carbocycles. The Morgan fingerprint density at radius 1 is 0.742 bits per heavy atom. The summed E-state index contributed by atoms with van der Waals surface area (Å²) in [5.41, 5.74) is -0.447. The van der Waals surface area contributed by atoms with E-state index in [1.54, 1.807) is 0 Å². The van der Waals surface area contributed by atoms with Crippen LogP contribution in [0.1, 0.15) is 114 Å². The lowest BCUT2D eigenvalue weighted by atomic mass is 10.1. The summed E-state index contributed by atoms with van der Waals surface area (Å²) in [5, 5.41) is 29.5. The Hall–Kier alpha value is -2.11. The van der Waals surface area contributed by atoms with E-state index >= 15 is 0 Å². The lowest BCUT2D eigenvalue weighted by Gasteiger charge is -2.17. The Morgan fingerprint density at radius 3 is 1.68 bits per heavy atom. The number of phenols is 2. The first-order valence-electron chi connectivity index (χ1n) is 12.1.